The van der Waals surface area contributed by atoms with Gasteiger partial charge in [0.15, 0.2) is 6.10 Å². The number of carbonyl (C=O) groups is 1. The number of rotatable bonds is 10. The molecule has 1 N–H and O–H groups in total. The lowest BCUT2D eigenvalue weighted by atomic mass is 10.2. The van der Waals surface area contributed by atoms with Crippen molar-refractivity contribution in [2.75, 3.05) is 26.2 Å². The van der Waals surface area contributed by atoms with Gasteiger partial charge in [0.05, 0.1) is 11.4 Å². The lowest BCUT2D eigenvalue weighted by molar-refractivity contribution is -0.128. The number of amides is 1. The number of aryl methyl sites for hydroxylation is 1. The molecule has 1 amide bonds. The van der Waals surface area contributed by atoms with Crippen molar-refractivity contribution in [1.82, 2.24) is 9.62 Å². The lowest BCUT2D eigenvalue weighted by Gasteiger charge is -2.25. The molecule has 32 heavy (non-hydrogen) atoms. The first-order valence-corrected chi connectivity index (χ1v) is 12.6. The molecule has 1 heterocycles. The first-order valence-electron chi connectivity index (χ1n) is 11.1. The summed E-state index contributed by atoms with van der Waals surface area (Å²) in [5.74, 6) is 1.02. The normalized spacial score (nSPS) is 15.7. The summed E-state index contributed by atoms with van der Waals surface area (Å²) in [6, 6.07) is 14.0. The summed E-state index contributed by atoms with van der Waals surface area (Å²) in [7, 11) is -3.45. The van der Waals surface area contributed by atoms with Crippen LogP contribution >= 0.6 is 0 Å². The largest absolute Gasteiger partial charge is 0.492 e. The Morgan fingerprint density at radius 3 is 2.25 bits per heavy atom. The average molecular weight is 461 g/mol. The van der Waals surface area contributed by atoms with Gasteiger partial charge >= 0.3 is 0 Å². The minimum atomic E-state index is -3.45. The van der Waals surface area contributed by atoms with Crippen LogP contribution < -0.4 is 14.8 Å². The number of piperidine rings is 1. The van der Waals surface area contributed by atoms with Crippen molar-refractivity contribution >= 4 is 15.9 Å². The number of hydrogen-bond acceptors (Lipinski definition) is 5. The third kappa shape index (κ3) is 6.46. The van der Waals surface area contributed by atoms with Gasteiger partial charge in [-0.2, -0.15) is 4.31 Å². The third-order valence-corrected chi connectivity index (χ3v) is 7.32. The van der Waals surface area contributed by atoms with Crippen LogP contribution in [0.25, 0.3) is 0 Å². The third-order valence-electron chi connectivity index (χ3n) is 5.41. The van der Waals surface area contributed by atoms with Crippen LogP contribution in [0.4, 0.5) is 0 Å². The zero-order valence-corrected chi connectivity index (χ0v) is 19.6. The molecule has 174 valence electrons. The Bertz CT molecular complexity index is 968. The molecule has 7 nitrogen and oxygen atoms in total. The van der Waals surface area contributed by atoms with E-state index >= 15 is 0 Å². The Labute approximate surface area is 190 Å². The Hall–Kier alpha value is -2.58. The van der Waals surface area contributed by atoms with E-state index in [4.69, 9.17) is 9.47 Å². The van der Waals surface area contributed by atoms with Crippen molar-refractivity contribution in [2.45, 2.75) is 50.5 Å². The van der Waals surface area contributed by atoms with Gasteiger partial charge < -0.3 is 14.8 Å². The summed E-state index contributed by atoms with van der Waals surface area (Å²) in [6.07, 6.45) is 2.86. The van der Waals surface area contributed by atoms with Crippen molar-refractivity contribution in [3.05, 3.63) is 54.1 Å². The number of benzene rings is 2. The molecule has 8 heteroatoms. The van der Waals surface area contributed by atoms with Gasteiger partial charge in [-0.3, -0.25) is 4.79 Å². The highest BCUT2D eigenvalue weighted by molar-refractivity contribution is 7.89. The summed E-state index contributed by atoms with van der Waals surface area (Å²) in [4.78, 5) is 12.7. The van der Waals surface area contributed by atoms with Crippen LogP contribution in [0.5, 0.6) is 11.5 Å². The average Bonchev–Trinajstić information content (AvgIpc) is 2.82. The maximum absolute atomic E-state index is 12.7. The molecule has 0 saturated carbocycles. The lowest BCUT2D eigenvalue weighted by Crippen LogP contribution is -2.39. The Morgan fingerprint density at radius 2 is 1.62 bits per heavy atom. The van der Waals surface area contributed by atoms with Gasteiger partial charge in [-0.1, -0.05) is 31.0 Å². The number of carbonyl (C=O) groups excluding carboxylic acids is 1. The van der Waals surface area contributed by atoms with Gasteiger partial charge in [0.2, 0.25) is 10.0 Å². The molecule has 3 rings (SSSR count). The first kappa shape index (κ1) is 24.1. The molecule has 1 aliphatic rings. The Morgan fingerprint density at radius 1 is 1.00 bits per heavy atom. The number of nitrogens with one attached hydrogen (secondary N) is 1. The van der Waals surface area contributed by atoms with Gasteiger partial charge in [-0.15, -0.1) is 0 Å². The Kier molecular flexibility index (Phi) is 8.53. The topological polar surface area (TPSA) is 84.9 Å². The van der Waals surface area contributed by atoms with Gasteiger partial charge in [0, 0.05) is 13.1 Å². The molecule has 1 unspecified atom stereocenters. The zero-order chi connectivity index (χ0) is 23.0. The molecule has 2 aromatic carbocycles. The number of sulfonamides is 1. The van der Waals surface area contributed by atoms with E-state index in [0.717, 1.165) is 24.8 Å². The van der Waals surface area contributed by atoms with Gasteiger partial charge in [0.1, 0.15) is 18.1 Å². The van der Waals surface area contributed by atoms with Crippen molar-refractivity contribution in [3.63, 3.8) is 0 Å². The number of nitrogens with zero attached hydrogens (tertiary/aromatic N) is 1. The van der Waals surface area contributed by atoms with Crippen molar-refractivity contribution < 1.29 is 22.7 Å². The molecule has 0 aromatic heterocycles. The van der Waals surface area contributed by atoms with Crippen molar-refractivity contribution in [2.24, 2.45) is 0 Å². The second-order valence-electron chi connectivity index (χ2n) is 7.90. The highest BCUT2D eigenvalue weighted by Crippen LogP contribution is 2.22. The van der Waals surface area contributed by atoms with Crippen molar-refractivity contribution in [3.8, 4) is 11.5 Å². The van der Waals surface area contributed by atoms with E-state index < -0.39 is 16.1 Å². The molecule has 1 fully saturated rings. The summed E-state index contributed by atoms with van der Waals surface area (Å²) >= 11 is 0. The van der Waals surface area contributed by atoms with Crippen LogP contribution in [-0.2, 0) is 14.8 Å². The minimum absolute atomic E-state index is 0.195. The SMILES string of the molecule is CCC(Oc1ccc(C)cc1)C(=O)NCCOc1ccc(S(=O)(=O)N2CCCCC2)cc1. The predicted octanol–water partition coefficient (Wildman–Crippen LogP) is 3.52. The zero-order valence-electron chi connectivity index (χ0n) is 18.7. The molecular weight excluding hydrogens is 428 g/mol. The summed E-state index contributed by atoms with van der Waals surface area (Å²) in [5, 5.41) is 2.82. The van der Waals surface area contributed by atoms with Crippen LogP contribution in [0, 0.1) is 6.92 Å². The fourth-order valence-corrected chi connectivity index (χ4v) is 5.04. The summed E-state index contributed by atoms with van der Waals surface area (Å²) < 4.78 is 38.4. The van der Waals surface area contributed by atoms with Gasteiger partial charge in [-0.05, 0) is 62.6 Å². The first-order chi connectivity index (χ1) is 15.4. The molecule has 0 radical (unpaired) electrons. The van der Waals surface area contributed by atoms with Crippen LogP contribution in [0.15, 0.2) is 53.4 Å². The molecule has 1 saturated heterocycles. The molecule has 2 aromatic rings. The van der Waals surface area contributed by atoms with E-state index in [2.05, 4.69) is 5.32 Å². The quantitative estimate of drug-likeness (QED) is 0.549. The second kappa shape index (κ2) is 11.3. The highest BCUT2D eigenvalue weighted by Gasteiger charge is 2.25. The van der Waals surface area contributed by atoms with Gasteiger partial charge in [-0.25, -0.2) is 8.42 Å². The molecule has 0 aliphatic carbocycles. The maximum Gasteiger partial charge on any atom is 0.261 e. The molecule has 0 spiro atoms. The van der Waals surface area contributed by atoms with Crippen molar-refractivity contribution in [1.29, 1.82) is 0 Å². The summed E-state index contributed by atoms with van der Waals surface area (Å²) in [6.45, 7) is 5.63. The predicted molar refractivity (Wildman–Crippen MR) is 123 cm³/mol. The number of ether oxygens (including phenoxy) is 2. The Balaban J connectivity index is 1.44. The molecule has 1 aliphatic heterocycles. The second-order valence-corrected chi connectivity index (χ2v) is 9.84. The monoisotopic (exact) mass is 460 g/mol. The summed E-state index contributed by atoms with van der Waals surface area (Å²) in [5.41, 5.74) is 1.13. The molecular formula is C24H32N2O5S. The minimum Gasteiger partial charge on any atom is -0.492 e. The van der Waals surface area contributed by atoms with Gasteiger partial charge in [0.25, 0.3) is 5.91 Å². The maximum atomic E-state index is 12.7. The highest BCUT2D eigenvalue weighted by atomic mass is 32.2. The van der Waals surface area contributed by atoms with Crippen LogP contribution in [0.1, 0.15) is 38.2 Å². The van der Waals surface area contributed by atoms with E-state index in [1.165, 1.54) is 0 Å². The van der Waals surface area contributed by atoms with Crippen LogP contribution in [-0.4, -0.2) is 51.0 Å². The number of hydrogen-bond donors (Lipinski definition) is 1. The fraction of sp³-hybridized carbons (Fsp3) is 0.458. The van der Waals surface area contributed by atoms with Crippen LogP contribution in [0.3, 0.4) is 0 Å². The smallest absolute Gasteiger partial charge is 0.261 e. The molecule has 1 atom stereocenters. The van der Waals surface area contributed by atoms with E-state index in [1.54, 1.807) is 28.6 Å². The fourth-order valence-electron chi connectivity index (χ4n) is 3.52. The van der Waals surface area contributed by atoms with E-state index in [0.29, 0.717) is 37.6 Å². The van der Waals surface area contributed by atoms with Crippen LogP contribution in [0.2, 0.25) is 0 Å². The van der Waals surface area contributed by atoms with E-state index in [9.17, 15) is 13.2 Å². The van der Waals surface area contributed by atoms with E-state index in [1.807, 2.05) is 38.1 Å². The van der Waals surface area contributed by atoms with E-state index in [-0.39, 0.29) is 17.4 Å². The standard InChI is InChI=1S/C24H32N2O5S/c1-3-23(31-21-9-7-19(2)8-10-21)24(27)25-15-18-30-20-11-13-22(14-12-20)32(28,29)26-16-5-4-6-17-26/h7-14,23H,3-6,15-18H2,1-2H3,(H,25,27). The molecule has 0 bridgehead atoms.